The van der Waals surface area contributed by atoms with E-state index in [1.807, 2.05) is 0 Å². The molecule has 1 aromatic heterocycles. The van der Waals surface area contributed by atoms with Crippen LogP contribution < -0.4 is 5.73 Å². The Hall–Kier alpha value is -1.28. The average Bonchev–Trinajstić information content (AvgIpc) is 2.95. The van der Waals surface area contributed by atoms with Crippen LogP contribution in [0.1, 0.15) is 32.3 Å². The Morgan fingerprint density at radius 1 is 1.24 bits per heavy atom. The summed E-state index contributed by atoms with van der Waals surface area (Å²) in [6.07, 6.45) is 4.40. The highest BCUT2D eigenvalue weighted by atomic mass is 14.9. The highest BCUT2D eigenvalue weighted by molar-refractivity contribution is 5.81. The molecule has 2 N–H and O–H groups in total. The van der Waals surface area contributed by atoms with Crippen LogP contribution >= 0.6 is 0 Å². The molecule has 0 saturated heterocycles. The summed E-state index contributed by atoms with van der Waals surface area (Å²) in [4.78, 5) is 0. The van der Waals surface area contributed by atoms with Crippen molar-refractivity contribution in [3.8, 4) is 0 Å². The maximum atomic E-state index is 6.40. The second kappa shape index (κ2) is 3.14. The highest BCUT2D eigenvalue weighted by Gasteiger charge is 2.51. The second-order valence-electron chi connectivity index (χ2n) is 5.98. The summed E-state index contributed by atoms with van der Waals surface area (Å²) in [6.45, 7) is 4.54. The van der Waals surface area contributed by atoms with E-state index in [4.69, 9.17) is 5.73 Å². The first-order chi connectivity index (χ1) is 7.94. The predicted molar refractivity (Wildman–Crippen MR) is 72.1 cm³/mol. The molecule has 1 aromatic carbocycles. The van der Waals surface area contributed by atoms with Gasteiger partial charge in [0.25, 0.3) is 0 Å². The molecule has 0 bridgehead atoms. The summed E-state index contributed by atoms with van der Waals surface area (Å²) in [5.41, 5.74) is 9.12. The first-order valence-corrected chi connectivity index (χ1v) is 6.28. The minimum Gasteiger partial charge on any atom is -0.351 e. The van der Waals surface area contributed by atoms with Crippen LogP contribution in [0, 0.1) is 0 Å². The number of hydrogen-bond acceptors (Lipinski definition) is 1. The van der Waals surface area contributed by atoms with E-state index in [0.717, 1.165) is 12.8 Å². The Balaban J connectivity index is 2.12. The number of aromatic nitrogens is 1. The van der Waals surface area contributed by atoms with Gasteiger partial charge in [0.2, 0.25) is 0 Å². The van der Waals surface area contributed by atoms with Crippen LogP contribution in [0.2, 0.25) is 0 Å². The molecule has 2 heteroatoms. The molecule has 17 heavy (non-hydrogen) atoms. The molecule has 0 amide bonds. The number of rotatable bonds is 2. The third-order valence-corrected chi connectivity index (χ3v) is 4.64. The fraction of sp³-hybridized carbons (Fsp3) is 0.467. The van der Waals surface area contributed by atoms with Crippen molar-refractivity contribution in [3.63, 3.8) is 0 Å². The van der Waals surface area contributed by atoms with Crippen molar-refractivity contribution >= 4 is 10.9 Å². The third kappa shape index (κ3) is 1.44. The lowest BCUT2D eigenvalue weighted by Crippen LogP contribution is -2.43. The standard InChI is InChI=1S/C15H20N2/c1-14(2,15(16)7-8-15)12-4-5-13-11(10-12)6-9-17(13)3/h4-6,9-10H,7-8,16H2,1-3H3. The third-order valence-electron chi connectivity index (χ3n) is 4.64. The lowest BCUT2D eigenvalue weighted by molar-refractivity contribution is 0.391. The number of hydrogen-bond donors (Lipinski definition) is 1. The van der Waals surface area contributed by atoms with E-state index < -0.39 is 0 Å². The molecule has 1 heterocycles. The monoisotopic (exact) mass is 228 g/mol. The van der Waals surface area contributed by atoms with Gasteiger partial charge in [-0.1, -0.05) is 19.9 Å². The zero-order valence-electron chi connectivity index (χ0n) is 10.8. The lowest BCUT2D eigenvalue weighted by atomic mass is 9.76. The Morgan fingerprint density at radius 3 is 2.59 bits per heavy atom. The van der Waals surface area contributed by atoms with E-state index in [1.54, 1.807) is 0 Å². The first kappa shape index (κ1) is 10.8. The minimum atomic E-state index is 0.00938. The Labute approximate surface area is 102 Å². The Bertz CT molecular complexity index is 574. The number of fused-ring (bicyclic) bond motifs is 1. The molecule has 0 aliphatic heterocycles. The van der Waals surface area contributed by atoms with Crippen molar-refractivity contribution in [3.05, 3.63) is 36.0 Å². The van der Waals surface area contributed by atoms with Gasteiger partial charge in [-0.05, 0) is 42.0 Å². The van der Waals surface area contributed by atoms with Crippen LogP contribution in [-0.2, 0) is 12.5 Å². The fourth-order valence-corrected chi connectivity index (χ4v) is 2.72. The van der Waals surface area contributed by atoms with Crippen LogP contribution in [0.4, 0.5) is 0 Å². The van der Waals surface area contributed by atoms with Crippen molar-refractivity contribution in [1.29, 1.82) is 0 Å². The van der Waals surface area contributed by atoms with Gasteiger partial charge in [0.05, 0.1) is 0 Å². The minimum absolute atomic E-state index is 0.00938. The van der Waals surface area contributed by atoms with Crippen molar-refractivity contribution in [2.45, 2.75) is 37.6 Å². The SMILES string of the molecule is Cn1ccc2cc(C(C)(C)C3(N)CC3)ccc21. The summed E-state index contributed by atoms with van der Waals surface area (Å²) < 4.78 is 2.15. The Morgan fingerprint density at radius 2 is 1.94 bits per heavy atom. The molecule has 2 nitrogen and oxygen atoms in total. The van der Waals surface area contributed by atoms with Crippen molar-refractivity contribution in [2.75, 3.05) is 0 Å². The van der Waals surface area contributed by atoms with Crippen molar-refractivity contribution in [1.82, 2.24) is 4.57 Å². The summed E-state index contributed by atoms with van der Waals surface area (Å²) in [5, 5.41) is 1.31. The van der Waals surface area contributed by atoms with E-state index in [-0.39, 0.29) is 11.0 Å². The molecule has 1 aliphatic carbocycles. The number of benzene rings is 1. The molecule has 2 aromatic rings. The highest BCUT2D eigenvalue weighted by Crippen LogP contribution is 2.49. The van der Waals surface area contributed by atoms with E-state index in [9.17, 15) is 0 Å². The number of nitrogens with two attached hydrogens (primary N) is 1. The summed E-state index contributed by atoms with van der Waals surface area (Å²) in [6, 6.07) is 8.90. The van der Waals surface area contributed by atoms with E-state index >= 15 is 0 Å². The zero-order chi connectivity index (χ0) is 12.3. The molecule has 1 saturated carbocycles. The van der Waals surface area contributed by atoms with E-state index in [0.29, 0.717) is 0 Å². The van der Waals surface area contributed by atoms with Crippen LogP contribution in [-0.4, -0.2) is 10.1 Å². The molecule has 1 aliphatic rings. The predicted octanol–water partition coefficient (Wildman–Crippen LogP) is 2.95. The van der Waals surface area contributed by atoms with E-state index in [1.165, 1.54) is 16.5 Å². The molecule has 0 unspecified atom stereocenters. The van der Waals surface area contributed by atoms with Gasteiger partial charge in [-0.3, -0.25) is 0 Å². The normalized spacial score (nSPS) is 18.6. The number of nitrogens with zero attached hydrogens (tertiary/aromatic N) is 1. The van der Waals surface area contributed by atoms with Crippen molar-refractivity contribution < 1.29 is 0 Å². The largest absolute Gasteiger partial charge is 0.351 e. The maximum Gasteiger partial charge on any atom is 0.0477 e. The van der Waals surface area contributed by atoms with Gasteiger partial charge in [-0.15, -0.1) is 0 Å². The molecule has 0 atom stereocenters. The fourth-order valence-electron chi connectivity index (χ4n) is 2.72. The van der Waals surface area contributed by atoms with Gasteiger partial charge in [0.1, 0.15) is 0 Å². The molecule has 0 radical (unpaired) electrons. The summed E-state index contributed by atoms with van der Waals surface area (Å²) >= 11 is 0. The molecular weight excluding hydrogens is 208 g/mol. The van der Waals surface area contributed by atoms with Gasteiger partial charge in [-0.25, -0.2) is 0 Å². The quantitative estimate of drug-likeness (QED) is 0.841. The Kier molecular flexibility index (Phi) is 2.00. The van der Waals surface area contributed by atoms with Gasteiger partial charge < -0.3 is 10.3 Å². The van der Waals surface area contributed by atoms with E-state index in [2.05, 4.69) is 55.9 Å². The second-order valence-corrected chi connectivity index (χ2v) is 5.98. The van der Waals surface area contributed by atoms with Crippen LogP contribution in [0.3, 0.4) is 0 Å². The topological polar surface area (TPSA) is 30.9 Å². The van der Waals surface area contributed by atoms with Gasteiger partial charge in [-0.2, -0.15) is 0 Å². The number of aryl methyl sites for hydroxylation is 1. The summed E-state index contributed by atoms with van der Waals surface area (Å²) in [7, 11) is 2.08. The average molecular weight is 228 g/mol. The summed E-state index contributed by atoms with van der Waals surface area (Å²) in [5.74, 6) is 0. The first-order valence-electron chi connectivity index (χ1n) is 6.28. The van der Waals surface area contributed by atoms with Crippen LogP contribution in [0.15, 0.2) is 30.5 Å². The van der Waals surface area contributed by atoms with Crippen molar-refractivity contribution in [2.24, 2.45) is 12.8 Å². The molecule has 3 rings (SSSR count). The van der Waals surface area contributed by atoms with Crippen LogP contribution in [0.25, 0.3) is 10.9 Å². The lowest BCUT2D eigenvalue weighted by Gasteiger charge is -2.32. The maximum absolute atomic E-state index is 6.40. The molecular formula is C15H20N2. The van der Waals surface area contributed by atoms with Crippen LogP contribution in [0.5, 0.6) is 0 Å². The molecule has 0 spiro atoms. The molecule has 90 valence electrons. The van der Waals surface area contributed by atoms with Gasteiger partial charge in [0, 0.05) is 29.7 Å². The smallest absolute Gasteiger partial charge is 0.0477 e. The zero-order valence-corrected chi connectivity index (χ0v) is 10.8. The van der Waals surface area contributed by atoms with Gasteiger partial charge in [0.15, 0.2) is 0 Å². The van der Waals surface area contributed by atoms with Gasteiger partial charge >= 0.3 is 0 Å². The molecule has 1 fully saturated rings.